The monoisotopic (exact) mass is 419 g/mol. The van der Waals surface area contributed by atoms with Gasteiger partial charge < -0.3 is 14.3 Å². The van der Waals surface area contributed by atoms with Gasteiger partial charge in [-0.05, 0) is 37.3 Å². The molecular weight excluding hydrogens is 403 g/mol. The first-order chi connectivity index (χ1) is 14.3. The summed E-state index contributed by atoms with van der Waals surface area (Å²) in [4.78, 5) is 14.5. The van der Waals surface area contributed by atoms with Crippen molar-refractivity contribution in [3.05, 3.63) is 65.3 Å². The molecule has 1 N–H and O–H groups in total. The lowest BCUT2D eigenvalue weighted by atomic mass is 9.97. The second-order valence-corrected chi connectivity index (χ2v) is 6.73. The number of aromatic nitrogens is 2. The third-order valence-electron chi connectivity index (χ3n) is 4.86. The molecule has 0 aliphatic carbocycles. The Bertz CT molecular complexity index is 1090. The van der Waals surface area contributed by atoms with Crippen LogP contribution >= 0.6 is 0 Å². The summed E-state index contributed by atoms with van der Waals surface area (Å²) >= 11 is 0. The van der Waals surface area contributed by atoms with Crippen LogP contribution in [0.2, 0.25) is 0 Å². The Balaban J connectivity index is 1.76. The lowest BCUT2D eigenvalue weighted by molar-refractivity contribution is -0.0729. The SMILES string of the molecule is CC1(c2ccc(F)cc2)Oc2ccc(-c3nnc(C(F)F)o3)cc2C(=O)N1CCO. The van der Waals surface area contributed by atoms with Crippen LogP contribution in [0.5, 0.6) is 5.75 Å². The number of aliphatic hydroxyl groups excluding tert-OH is 1. The lowest BCUT2D eigenvalue weighted by Gasteiger charge is -2.45. The van der Waals surface area contributed by atoms with Crippen LogP contribution in [0.1, 0.15) is 35.2 Å². The first kappa shape index (κ1) is 19.9. The van der Waals surface area contributed by atoms with E-state index in [9.17, 15) is 23.1 Å². The van der Waals surface area contributed by atoms with E-state index in [2.05, 4.69) is 10.2 Å². The van der Waals surface area contributed by atoms with Gasteiger partial charge in [0.1, 0.15) is 11.6 Å². The number of benzene rings is 2. The largest absolute Gasteiger partial charge is 0.463 e. The van der Waals surface area contributed by atoms with Crippen LogP contribution in [-0.2, 0) is 5.72 Å². The second-order valence-electron chi connectivity index (χ2n) is 6.73. The Kier molecular flexibility index (Phi) is 4.94. The standard InChI is InChI=1S/C20H16F3N3O4/c1-20(12-3-5-13(21)6-4-12)26(8-9-27)19(28)14-10-11(2-7-15(14)30-20)17-24-25-18(29-17)16(22)23/h2-7,10,16,27H,8-9H2,1H3. The van der Waals surface area contributed by atoms with Gasteiger partial charge in [-0.15, -0.1) is 10.2 Å². The van der Waals surface area contributed by atoms with Gasteiger partial charge in [0.25, 0.3) is 11.8 Å². The van der Waals surface area contributed by atoms with Gasteiger partial charge in [0, 0.05) is 17.7 Å². The van der Waals surface area contributed by atoms with E-state index in [-0.39, 0.29) is 35.9 Å². The van der Waals surface area contributed by atoms with Crippen molar-refractivity contribution >= 4 is 5.91 Å². The molecule has 156 valence electrons. The summed E-state index contributed by atoms with van der Waals surface area (Å²) in [5.41, 5.74) is -0.384. The van der Waals surface area contributed by atoms with Gasteiger partial charge in [-0.2, -0.15) is 8.78 Å². The molecule has 1 aliphatic heterocycles. The fourth-order valence-corrected chi connectivity index (χ4v) is 3.36. The predicted molar refractivity (Wildman–Crippen MR) is 97.2 cm³/mol. The molecule has 4 rings (SSSR count). The molecule has 0 fully saturated rings. The molecule has 0 radical (unpaired) electrons. The number of amides is 1. The summed E-state index contributed by atoms with van der Waals surface area (Å²) in [6.45, 7) is 1.26. The molecule has 7 nitrogen and oxygen atoms in total. The predicted octanol–water partition coefficient (Wildman–Crippen LogP) is 3.51. The molecule has 2 aromatic carbocycles. The minimum Gasteiger partial charge on any atom is -0.463 e. The number of halogens is 3. The first-order valence-corrected chi connectivity index (χ1v) is 8.97. The average molecular weight is 419 g/mol. The molecular formula is C20H16F3N3O4. The van der Waals surface area contributed by atoms with Gasteiger partial charge in [-0.3, -0.25) is 9.69 Å². The van der Waals surface area contributed by atoms with Crippen molar-refractivity contribution in [2.75, 3.05) is 13.2 Å². The van der Waals surface area contributed by atoms with Gasteiger partial charge in [-0.1, -0.05) is 12.1 Å². The van der Waals surface area contributed by atoms with Gasteiger partial charge in [0.15, 0.2) is 0 Å². The summed E-state index contributed by atoms with van der Waals surface area (Å²) < 4.78 is 49.8. The molecule has 1 atom stereocenters. The summed E-state index contributed by atoms with van der Waals surface area (Å²) in [6.07, 6.45) is -2.91. The van der Waals surface area contributed by atoms with Crippen LogP contribution in [-0.4, -0.2) is 39.3 Å². The first-order valence-electron chi connectivity index (χ1n) is 8.97. The van der Waals surface area contributed by atoms with E-state index in [1.165, 1.54) is 47.4 Å². The van der Waals surface area contributed by atoms with E-state index in [0.717, 1.165) is 0 Å². The average Bonchev–Trinajstić information content (AvgIpc) is 3.22. The Morgan fingerprint density at radius 3 is 2.53 bits per heavy atom. The highest BCUT2D eigenvalue weighted by Crippen LogP contribution is 2.41. The van der Waals surface area contributed by atoms with Gasteiger partial charge in [0.2, 0.25) is 11.6 Å². The number of β-amino-alcohol motifs (C(OH)–C–C–N with tert-alkyl or cyclic N) is 1. The van der Waals surface area contributed by atoms with E-state index >= 15 is 0 Å². The zero-order valence-electron chi connectivity index (χ0n) is 15.7. The fourth-order valence-electron chi connectivity index (χ4n) is 3.36. The highest BCUT2D eigenvalue weighted by molar-refractivity contribution is 5.99. The third kappa shape index (κ3) is 3.28. The van der Waals surface area contributed by atoms with E-state index in [4.69, 9.17) is 9.15 Å². The molecule has 10 heteroatoms. The lowest BCUT2D eigenvalue weighted by Crippen LogP contribution is -2.55. The van der Waals surface area contributed by atoms with Gasteiger partial charge in [-0.25, -0.2) is 4.39 Å². The van der Waals surface area contributed by atoms with E-state index in [1.54, 1.807) is 6.92 Å². The Morgan fingerprint density at radius 1 is 1.17 bits per heavy atom. The van der Waals surface area contributed by atoms with Crippen molar-refractivity contribution in [2.45, 2.75) is 19.1 Å². The van der Waals surface area contributed by atoms with Crippen molar-refractivity contribution in [2.24, 2.45) is 0 Å². The molecule has 1 aromatic heterocycles. The Labute approximate surface area is 168 Å². The van der Waals surface area contributed by atoms with E-state index in [0.29, 0.717) is 5.56 Å². The van der Waals surface area contributed by atoms with Crippen LogP contribution in [0, 0.1) is 5.82 Å². The summed E-state index contributed by atoms with van der Waals surface area (Å²) in [6, 6.07) is 9.89. The highest BCUT2D eigenvalue weighted by Gasteiger charge is 2.44. The molecule has 0 bridgehead atoms. The van der Waals surface area contributed by atoms with Crippen molar-refractivity contribution in [1.29, 1.82) is 0 Å². The molecule has 0 saturated heterocycles. The topological polar surface area (TPSA) is 88.7 Å². The zero-order chi connectivity index (χ0) is 21.5. The number of carbonyl (C=O) groups excluding carboxylic acids is 1. The number of hydrogen-bond donors (Lipinski definition) is 1. The number of carbonyl (C=O) groups is 1. The molecule has 2 heterocycles. The number of ether oxygens (including phenoxy) is 1. The van der Waals surface area contributed by atoms with Gasteiger partial charge in [0.05, 0.1) is 12.2 Å². The minimum absolute atomic E-state index is 0.0491. The van der Waals surface area contributed by atoms with Crippen LogP contribution < -0.4 is 4.74 Å². The number of nitrogens with zero attached hydrogens (tertiary/aromatic N) is 3. The minimum atomic E-state index is -2.91. The summed E-state index contributed by atoms with van der Waals surface area (Å²) in [7, 11) is 0. The van der Waals surface area contributed by atoms with E-state index in [1.807, 2.05) is 0 Å². The molecule has 1 unspecified atom stereocenters. The quantitative estimate of drug-likeness (QED) is 0.681. The van der Waals surface area contributed by atoms with Crippen LogP contribution in [0.15, 0.2) is 46.9 Å². The zero-order valence-corrected chi connectivity index (χ0v) is 15.7. The second kappa shape index (κ2) is 7.45. The number of fused-ring (bicyclic) bond motifs is 1. The molecule has 1 amide bonds. The number of hydrogen-bond acceptors (Lipinski definition) is 6. The van der Waals surface area contributed by atoms with Gasteiger partial charge >= 0.3 is 6.43 Å². The van der Waals surface area contributed by atoms with Crippen molar-refractivity contribution in [1.82, 2.24) is 15.1 Å². The maximum absolute atomic E-state index is 13.4. The number of aliphatic hydroxyl groups is 1. The summed E-state index contributed by atoms with van der Waals surface area (Å²) in [5.74, 6) is -1.66. The number of rotatable bonds is 5. The number of alkyl halides is 2. The van der Waals surface area contributed by atoms with Crippen LogP contribution in [0.25, 0.3) is 11.5 Å². The fraction of sp³-hybridized carbons (Fsp3) is 0.250. The maximum Gasteiger partial charge on any atom is 0.314 e. The van der Waals surface area contributed by atoms with Crippen LogP contribution in [0.4, 0.5) is 13.2 Å². The molecule has 3 aromatic rings. The maximum atomic E-state index is 13.4. The molecule has 1 aliphatic rings. The van der Waals surface area contributed by atoms with Crippen molar-refractivity contribution < 1.29 is 32.2 Å². The molecule has 30 heavy (non-hydrogen) atoms. The molecule has 0 saturated carbocycles. The molecule has 0 spiro atoms. The van der Waals surface area contributed by atoms with Crippen molar-refractivity contribution in [3.8, 4) is 17.2 Å². The van der Waals surface area contributed by atoms with E-state index < -0.39 is 29.8 Å². The Morgan fingerprint density at radius 2 is 1.90 bits per heavy atom. The normalized spacial score (nSPS) is 18.5. The van der Waals surface area contributed by atoms with Crippen molar-refractivity contribution in [3.63, 3.8) is 0 Å². The van der Waals surface area contributed by atoms with Crippen LogP contribution in [0.3, 0.4) is 0 Å². The highest BCUT2D eigenvalue weighted by atomic mass is 19.3. The smallest absolute Gasteiger partial charge is 0.314 e. The summed E-state index contributed by atoms with van der Waals surface area (Å²) in [5, 5.41) is 16.3. The Hall–Kier alpha value is -3.40. The third-order valence-corrected chi connectivity index (χ3v) is 4.86.